The van der Waals surface area contributed by atoms with Crippen molar-refractivity contribution in [3.63, 3.8) is 0 Å². The van der Waals surface area contributed by atoms with Crippen LogP contribution in [0, 0.1) is 18.3 Å². The van der Waals surface area contributed by atoms with E-state index in [1.807, 2.05) is 48.2 Å². The monoisotopic (exact) mass is 377 g/mol. The molecule has 1 amide bonds. The van der Waals surface area contributed by atoms with Gasteiger partial charge in [0, 0.05) is 26.2 Å². The Kier molecular flexibility index (Phi) is 6.67. The van der Waals surface area contributed by atoms with Crippen molar-refractivity contribution in [2.75, 3.05) is 32.8 Å². The Morgan fingerprint density at radius 2 is 1.71 bits per heavy atom. The van der Waals surface area contributed by atoms with Gasteiger partial charge < -0.3 is 9.64 Å². The van der Waals surface area contributed by atoms with Crippen LogP contribution in [-0.2, 0) is 11.2 Å². The zero-order valence-corrected chi connectivity index (χ0v) is 16.6. The molecule has 5 nitrogen and oxygen atoms in total. The Morgan fingerprint density at radius 1 is 1.07 bits per heavy atom. The fourth-order valence-corrected chi connectivity index (χ4v) is 3.40. The number of benzene rings is 2. The highest BCUT2D eigenvalue weighted by molar-refractivity contribution is 5.77. The third kappa shape index (κ3) is 4.90. The van der Waals surface area contributed by atoms with Crippen LogP contribution in [0.4, 0.5) is 0 Å². The second-order valence-corrected chi connectivity index (χ2v) is 7.15. The number of piperazine rings is 1. The average Bonchev–Trinajstić information content (AvgIpc) is 2.74. The largest absolute Gasteiger partial charge is 0.484 e. The first kappa shape index (κ1) is 19.9. The minimum Gasteiger partial charge on any atom is -0.484 e. The molecule has 1 aliphatic rings. The molecule has 146 valence electrons. The topological polar surface area (TPSA) is 56.6 Å². The molecule has 0 bridgehead atoms. The van der Waals surface area contributed by atoms with Crippen LogP contribution in [-0.4, -0.2) is 48.5 Å². The number of aryl methyl sites for hydroxylation is 2. The van der Waals surface area contributed by atoms with Crippen LogP contribution in [0.25, 0.3) is 0 Å². The first-order valence-corrected chi connectivity index (χ1v) is 9.80. The van der Waals surface area contributed by atoms with E-state index in [1.54, 1.807) is 0 Å². The molecule has 1 fully saturated rings. The summed E-state index contributed by atoms with van der Waals surface area (Å²) in [4.78, 5) is 16.4. The zero-order chi connectivity index (χ0) is 19.9. The summed E-state index contributed by atoms with van der Waals surface area (Å²) in [5, 5.41) is 9.67. The summed E-state index contributed by atoms with van der Waals surface area (Å²) in [5.74, 6) is 0.693. The number of hydrogen-bond acceptors (Lipinski definition) is 4. The van der Waals surface area contributed by atoms with Crippen LogP contribution in [0.3, 0.4) is 0 Å². The summed E-state index contributed by atoms with van der Waals surface area (Å²) >= 11 is 0. The molecule has 1 saturated heterocycles. The highest BCUT2D eigenvalue weighted by Gasteiger charge is 2.27. The molecule has 0 radical (unpaired) electrons. The van der Waals surface area contributed by atoms with Crippen molar-refractivity contribution in [3.8, 4) is 11.8 Å². The molecule has 0 N–H and O–H groups in total. The molecule has 0 saturated carbocycles. The maximum atomic E-state index is 12.4. The summed E-state index contributed by atoms with van der Waals surface area (Å²) in [6.45, 7) is 6.77. The highest BCUT2D eigenvalue weighted by atomic mass is 16.5. The van der Waals surface area contributed by atoms with Crippen molar-refractivity contribution in [1.82, 2.24) is 9.80 Å². The van der Waals surface area contributed by atoms with E-state index in [-0.39, 0.29) is 18.6 Å². The van der Waals surface area contributed by atoms with E-state index in [0.717, 1.165) is 17.5 Å². The van der Waals surface area contributed by atoms with E-state index in [2.05, 4.69) is 30.0 Å². The van der Waals surface area contributed by atoms with Crippen LogP contribution < -0.4 is 4.74 Å². The van der Waals surface area contributed by atoms with Crippen LogP contribution in [0.1, 0.15) is 29.7 Å². The van der Waals surface area contributed by atoms with Gasteiger partial charge in [-0.2, -0.15) is 5.26 Å². The van der Waals surface area contributed by atoms with Gasteiger partial charge in [0.15, 0.2) is 6.61 Å². The Bertz CT molecular complexity index is 816. The van der Waals surface area contributed by atoms with Crippen LogP contribution in [0.2, 0.25) is 0 Å². The number of amides is 1. The van der Waals surface area contributed by atoms with Crippen molar-refractivity contribution >= 4 is 5.91 Å². The number of nitrogens with zero attached hydrogens (tertiary/aromatic N) is 3. The summed E-state index contributed by atoms with van der Waals surface area (Å²) in [6, 6.07) is 18.1. The molecule has 1 aliphatic heterocycles. The maximum Gasteiger partial charge on any atom is 0.260 e. The average molecular weight is 377 g/mol. The predicted molar refractivity (Wildman–Crippen MR) is 109 cm³/mol. The van der Waals surface area contributed by atoms with Gasteiger partial charge in [0.2, 0.25) is 0 Å². The lowest BCUT2D eigenvalue weighted by molar-refractivity contribution is -0.135. The molecule has 1 atom stereocenters. The van der Waals surface area contributed by atoms with Gasteiger partial charge in [0.05, 0.1) is 6.07 Å². The molecular weight excluding hydrogens is 350 g/mol. The number of carbonyl (C=O) groups excluding carboxylic acids is 1. The summed E-state index contributed by atoms with van der Waals surface area (Å²) in [5.41, 5.74) is 3.44. The standard InChI is InChI=1S/C23H27N3O2/c1-3-19-6-8-20(9-7-19)22(16-24)25-12-14-26(15-13-25)23(27)17-28-21-10-4-18(2)5-11-21/h4-11,22H,3,12-15,17H2,1-2H3. The molecule has 1 heterocycles. The molecule has 2 aromatic carbocycles. The molecule has 5 heteroatoms. The second kappa shape index (κ2) is 9.38. The van der Waals surface area contributed by atoms with Gasteiger partial charge in [-0.05, 0) is 36.6 Å². The van der Waals surface area contributed by atoms with Gasteiger partial charge in [-0.15, -0.1) is 0 Å². The first-order valence-electron chi connectivity index (χ1n) is 9.80. The molecule has 2 aromatic rings. The van der Waals surface area contributed by atoms with E-state index in [1.165, 1.54) is 5.56 Å². The lowest BCUT2D eigenvalue weighted by Gasteiger charge is -2.37. The van der Waals surface area contributed by atoms with Crippen molar-refractivity contribution in [3.05, 3.63) is 65.2 Å². The molecule has 0 spiro atoms. The van der Waals surface area contributed by atoms with Crippen molar-refractivity contribution in [2.45, 2.75) is 26.3 Å². The zero-order valence-electron chi connectivity index (χ0n) is 16.6. The van der Waals surface area contributed by atoms with Gasteiger partial charge in [-0.25, -0.2) is 0 Å². The van der Waals surface area contributed by atoms with Gasteiger partial charge >= 0.3 is 0 Å². The van der Waals surface area contributed by atoms with Gasteiger partial charge in [-0.1, -0.05) is 48.9 Å². The minimum absolute atomic E-state index is 0.0129. The number of hydrogen-bond donors (Lipinski definition) is 0. The lowest BCUT2D eigenvalue weighted by atomic mass is 10.0. The van der Waals surface area contributed by atoms with E-state index < -0.39 is 0 Å². The predicted octanol–water partition coefficient (Wildman–Crippen LogP) is 3.35. The number of rotatable bonds is 6. The van der Waals surface area contributed by atoms with Gasteiger partial charge in [-0.3, -0.25) is 9.69 Å². The van der Waals surface area contributed by atoms with E-state index in [0.29, 0.717) is 31.9 Å². The normalized spacial score (nSPS) is 15.7. The Labute approximate surface area is 167 Å². The van der Waals surface area contributed by atoms with Crippen molar-refractivity contribution in [1.29, 1.82) is 5.26 Å². The smallest absolute Gasteiger partial charge is 0.260 e. The Morgan fingerprint density at radius 3 is 2.29 bits per heavy atom. The highest BCUT2D eigenvalue weighted by Crippen LogP contribution is 2.22. The third-order valence-electron chi connectivity index (χ3n) is 5.24. The molecule has 28 heavy (non-hydrogen) atoms. The number of ether oxygens (including phenoxy) is 1. The summed E-state index contributed by atoms with van der Waals surface area (Å²) < 4.78 is 5.61. The number of nitriles is 1. The maximum absolute atomic E-state index is 12.4. The Balaban J connectivity index is 1.51. The van der Waals surface area contributed by atoms with Gasteiger partial charge in [0.1, 0.15) is 11.8 Å². The fourth-order valence-electron chi connectivity index (χ4n) is 3.40. The first-order chi connectivity index (χ1) is 13.6. The second-order valence-electron chi connectivity index (χ2n) is 7.15. The number of carbonyl (C=O) groups is 1. The quantitative estimate of drug-likeness (QED) is 0.775. The van der Waals surface area contributed by atoms with E-state index in [9.17, 15) is 10.1 Å². The van der Waals surface area contributed by atoms with E-state index in [4.69, 9.17) is 4.74 Å². The fraction of sp³-hybridized carbons (Fsp3) is 0.391. The van der Waals surface area contributed by atoms with Crippen LogP contribution in [0.15, 0.2) is 48.5 Å². The third-order valence-corrected chi connectivity index (χ3v) is 5.24. The molecule has 3 rings (SSSR count). The van der Waals surface area contributed by atoms with Crippen molar-refractivity contribution < 1.29 is 9.53 Å². The van der Waals surface area contributed by atoms with Crippen LogP contribution >= 0.6 is 0 Å². The molecule has 1 unspecified atom stereocenters. The lowest BCUT2D eigenvalue weighted by Crippen LogP contribution is -2.50. The molecular formula is C23H27N3O2. The molecule has 0 aliphatic carbocycles. The van der Waals surface area contributed by atoms with E-state index >= 15 is 0 Å². The molecule has 0 aromatic heterocycles. The Hall–Kier alpha value is -2.84. The summed E-state index contributed by atoms with van der Waals surface area (Å²) in [6.07, 6.45) is 0.989. The van der Waals surface area contributed by atoms with Gasteiger partial charge in [0.25, 0.3) is 5.91 Å². The SMILES string of the molecule is CCc1ccc(C(C#N)N2CCN(C(=O)COc3ccc(C)cc3)CC2)cc1. The van der Waals surface area contributed by atoms with Crippen molar-refractivity contribution in [2.24, 2.45) is 0 Å². The van der Waals surface area contributed by atoms with Crippen LogP contribution in [0.5, 0.6) is 5.75 Å². The summed E-state index contributed by atoms with van der Waals surface area (Å²) in [7, 11) is 0. The minimum atomic E-state index is -0.271.